The molecule has 0 spiro atoms. The molecule has 7 nitrogen and oxygen atoms in total. The highest BCUT2D eigenvalue weighted by molar-refractivity contribution is 6.31. The van der Waals surface area contributed by atoms with Crippen molar-refractivity contribution < 1.29 is 24.0 Å². The van der Waals surface area contributed by atoms with Crippen molar-refractivity contribution in [2.75, 3.05) is 39.4 Å². The van der Waals surface area contributed by atoms with Gasteiger partial charge in [-0.2, -0.15) is 0 Å². The van der Waals surface area contributed by atoms with Crippen LogP contribution in [0.1, 0.15) is 21.5 Å². The normalized spacial score (nSPS) is 17.1. The molecule has 34 heavy (non-hydrogen) atoms. The predicted octanol–water partition coefficient (Wildman–Crippen LogP) is 1.91. The van der Waals surface area contributed by atoms with Gasteiger partial charge in [0, 0.05) is 49.5 Å². The van der Waals surface area contributed by atoms with Gasteiger partial charge in [-0.15, -0.1) is 0 Å². The fraction of sp³-hybridized carbons (Fsp3) is 0.292. The molecule has 0 radical (unpaired) electrons. The van der Waals surface area contributed by atoms with Crippen molar-refractivity contribution in [1.82, 2.24) is 15.1 Å². The Morgan fingerprint density at radius 2 is 1.74 bits per heavy atom. The maximum absolute atomic E-state index is 14.4. The number of benzene rings is 2. The molecule has 4 rings (SSSR count). The number of carbonyl (C=O) groups excluding carboxylic acids is 1. The number of nitrogens with one attached hydrogen (secondary N) is 1. The van der Waals surface area contributed by atoms with Crippen LogP contribution in [-0.4, -0.2) is 55.1 Å². The molecule has 0 unspecified atom stereocenters. The summed E-state index contributed by atoms with van der Waals surface area (Å²) in [7, 11) is 0. The van der Waals surface area contributed by atoms with E-state index in [4.69, 9.17) is 22.1 Å². The SMILES string of the molecule is N/C(=C\C1=C([NH3+])NCCN1Cc1c(F)ccc(F)c1Cl)c1ccc(C(=O)N2CCOCC2)cc1. The summed E-state index contributed by atoms with van der Waals surface area (Å²) in [5.74, 6) is -0.680. The van der Waals surface area contributed by atoms with Crippen LogP contribution in [0.25, 0.3) is 5.70 Å². The number of rotatable bonds is 5. The highest BCUT2D eigenvalue weighted by Crippen LogP contribution is 2.27. The van der Waals surface area contributed by atoms with Crippen molar-refractivity contribution in [3.63, 3.8) is 0 Å². The quantitative estimate of drug-likeness (QED) is 0.556. The van der Waals surface area contributed by atoms with Crippen LogP contribution in [0.3, 0.4) is 0 Å². The Labute approximate surface area is 201 Å². The highest BCUT2D eigenvalue weighted by Gasteiger charge is 2.23. The van der Waals surface area contributed by atoms with Gasteiger partial charge in [-0.05, 0) is 35.9 Å². The van der Waals surface area contributed by atoms with Crippen molar-refractivity contribution in [2.45, 2.75) is 6.54 Å². The fourth-order valence-corrected chi connectivity index (χ4v) is 4.19. The smallest absolute Gasteiger partial charge is 0.254 e. The van der Waals surface area contributed by atoms with Crippen LogP contribution in [0.2, 0.25) is 5.02 Å². The van der Waals surface area contributed by atoms with Crippen LogP contribution in [0.5, 0.6) is 0 Å². The molecular weight excluding hydrogens is 464 g/mol. The third-order valence-corrected chi connectivity index (χ3v) is 6.32. The van der Waals surface area contributed by atoms with E-state index in [0.29, 0.717) is 62.2 Å². The molecule has 180 valence electrons. The summed E-state index contributed by atoms with van der Waals surface area (Å²) in [6.07, 6.45) is 1.73. The number of morpholine rings is 1. The Hall–Kier alpha value is -3.14. The Balaban J connectivity index is 1.55. The lowest BCUT2D eigenvalue weighted by Gasteiger charge is -2.30. The first-order valence-electron chi connectivity index (χ1n) is 11.0. The average Bonchev–Trinajstić information content (AvgIpc) is 2.86. The van der Waals surface area contributed by atoms with Crippen molar-refractivity contribution in [1.29, 1.82) is 0 Å². The van der Waals surface area contributed by atoms with Crippen molar-refractivity contribution in [3.8, 4) is 0 Å². The van der Waals surface area contributed by atoms with Gasteiger partial charge in [-0.1, -0.05) is 23.7 Å². The van der Waals surface area contributed by atoms with Crippen molar-refractivity contribution in [3.05, 3.63) is 87.3 Å². The van der Waals surface area contributed by atoms with E-state index in [1.54, 1.807) is 35.2 Å². The first-order valence-corrected chi connectivity index (χ1v) is 11.3. The molecule has 2 heterocycles. The molecular formula is C24H27ClF2N5O2+. The molecule has 10 heteroatoms. The van der Waals surface area contributed by atoms with Gasteiger partial charge in [-0.25, -0.2) is 8.78 Å². The van der Waals surface area contributed by atoms with E-state index in [0.717, 1.165) is 17.7 Å². The van der Waals surface area contributed by atoms with Crippen LogP contribution in [0.4, 0.5) is 8.78 Å². The number of quaternary nitrogens is 1. The Morgan fingerprint density at radius 1 is 1.09 bits per heavy atom. The summed E-state index contributed by atoms with van der Waals surface area (Å²) in [6.45, 7) is 3.40. The van der Waals surface area contributed by atoms with E-state index < -0.39 is 11.6 Å². The van der Waals surface area contributed by atoms with Gasteiger partial charge in [0.05, 0.1) is 18.2 Å². The number of hydrogen-bond acceptors (Lipinski definition) is 5. The van der Waals surface area contributed by atoms with Crippen LogP contribution in [-0.2, 0) is 11.3 Å². The molecule has 6 N–H and O–H groups in total. The standard InChI is InChI=1S/C24H26ClF2N5O2/c25-22-17(18(26)5-6-19(22)27)14-32-8-7-30-23(29)21(32)13-20(28)15-1-3-16(4-2-15)24(33)31-9-11-34-12-10-31/h1-6,13,30H,7-12,14,28-29H2/p+1/b20-13-. The lowest BCUT2D eigenvalue weighted by molar-refractivity contribution is -0.316. The lowest BCUT2D eigenvalue weighted by Crippen LogP contribution is -2.59. The first-order chi connectivity index (χ1) is 16.3. The van der Waals surface area contributed by atoms with Gasteiger partial charge in [0.15, 0.2) is 0 Å². The summed E-state index contributed by atoms with van der Waals surface area (Å²) >= 11 is 6.03. The zero-order valence-corrected chi connectivity index (χ0v) is 19.4. The first kappa shape index (κ1) is 24.0. The summed E-state index contributed by atoms with van der Waals surface area (Å²) < 4.78 is 33.6. The monoisotopic (exact) mass is 490 g/mol. The topological polar surface area (TPSA) is 98.5 Å². The second kappa shape index (κ2) is 10.4. The molecule has 1 saturated heterocycles. The highest BCUT2D eigenvalue weighted by atomic mass is 35.5. The molecule has 2 aromatic carbocycles. The maximum atomic E-state index is 14.4. The average molecular weight is 491 g/mol. The minimum atomic E-state index is -0.671. The molecule has 0 bridgehead atoms. The largest absolute Gasteiger partial charge is 0.398 e. The zero-order valence-electron chi connectivity index (χ0n) is 18.6. The number of nitrogens with two attached hydrogens (primary N) is 1. The number of halogens is 3. The van der Waals surface area contributed by atoms with Gasteiger partial charge >= 0.3 is 0 Å². The van der Waals surface area contributed by atoms with Crippen LogP contribution in [0, 0.1) is 11.6 Å². The van der Waals surface area contributed by atoms with E-state index in [2.05, 4.69) is 11.1 Å². The van der Waals surface area contributed by atoms with Crippen molar-refractivity contribution >= 4 is 23.2 Å². The summed E-state index contributed by atoms with van der Waals surface area (Å²) in [4.78, 5) is 16.3. The number of nitrogens with zero attached hydrogens (tertiary/aromatic N) is 2. The molecule has 2 aliphatic heterocycles. The number of ether oxygens (including phenoxy) is 1. The third kappa shape index (κ3) is 5.16. The minimum absolute atomic E-state index is 0.0446. The molecule has 0 saturated carbocycles. The van der Waals surface area contributed by atoms with Gasteiger partial charge in [-0.3, -0.25) is 4.79 Å². The Bertz CT molecular complexity index is 1130. The van der Waals surface area contributed by atoms with Gasteiger partial charge in [0.2, 0.25) is 5.82 Å². The van der Waals surface area contributed by atoms with Gasteiger partial charge in [0.25, 0.3) is 5.91 Å². The van der Waals surface area contributed by atoms with Gasteiger partial charge < -0.3 is 31.3 Å². The van der Waals surface area contributed by atoms with Crippen LogP contribution >= 0.6 is 11.6 Å². The number of amides is 1. The van der Waals surface area contributed by atoms with E-state index >= 15 is 0 Å². The zero-order chi connectivity index (χ0) is 24.2. The molecule has 0 aromatic heterocycles. The number of allylic oxidation sites excluding steroid dienone is 1. The molecule has 2 aromatic rings. The number of hydrogen-bond donors (Lipinski definition) is 3. The molecule has 0 atom stereocenters. The fourth-order valence-electron chi connectivity index (χ4n) is 3.98. The predicted molar refractivity (Wildman–Crippen MR) is 125 cm³/mol. The van der Waals surface area contributed by atoms with E-state index in [1.165, 1.54) is 0 Å². The Kier molecular flexibility index (Phi) is 7.35. The lowest BCUT2D eigenvalue weighted by atomic mass is 10.1. The Morgan fingerprint density at radius 3 is 2.44 bits per heavy atom. The number of carbonyl (C=O) groups is 1. The van der Waals surface area contributed by atoms with E-state index in [9.17, 15) is 13.6 Å². The van der Waals surface area contributed by atoms with E-state index in [1.807, 2.05) is 4.90 Å². The molecule has 1 amide bonds. The molecule has 0 aliphatic carbocycles. The van der Waals surface area contributed by atoms with Crippen LogP contribution in [0.15, 0.2) is 54.0 Å². The second-order valence-corrected chi connectivity index (χ2v) is 8.49. The van der Waals surface area contributed by atoms with E-state index in [-0.39, 0.29) is 23.0 Å². The van der Waals surface area contributed by atoms with Gasteiger partial charge in [0.1, 0.15) is 17.3 Å². The summed E-state index contributed by atoms with van der Waals surface area (Å²) in [5, 5.41) is 2.94. The summed E-state index contributed by atoms with van der Waals surface area (Å²) in [5.41, 5.74) is 12.9. The second-order valence-electron chi connectivity index (χ2n) is 8.12. The third-order valence-electron chi connectivity index (χ3n) is 5.91. The van der Waals surface area contributed by atoms with Crippen molar-refractivity contribution in [2.24, 2.45) is 5.73 Å². The molecule has 2 aliphatic rings. The minimum Gasteiger partial charge on any atom is -0.398 e. The molecule has 1 fully saturated rings. The van der Waals surface area contributed by atoms with Crippen LogP contribution < -0.4 is 16.8 Å². The summed E-state index contributed by atoms with van der Waals surface area (Å²) in [6, 6.07) is 9.13. The maximum Gasteiger partial charge on any atom is 0.254 e.